The van der Waals surface area contributed by atoms with Crippen LogP contribution in [0.2, 0.25) is 0 Å². The standard InChI is InChI=1S/C19H24F3N7O2S/c1-28(2)15-10-11(5-7-14(15)19(20,21)22)25-17(30)13-9-12(27-31-4)6-8-16(13)32-18(26-23)29(3)24/h5-10,27H,23-24H2,1-4H3,(H,25,30)/b26-18+. The Hall–Kier alpha value is -3.16. The first kappa shape index (κ1) is 25.1. The minimum absolute atomic E-state index is 0.0815. The van der Waals surface area contributed by atoms with Crippen molar-refractivity contribution in [3.63, 3.8) is 0 Å². The van der Waals surface area contributed by atoms with Crippen LogP contribution in [0.25, 0.3) is 0 Å². The van der Waals surface area contributed by atoms with E-state index in [9.17, 15) is 18.0 Å². The van der Waals surface area contributed by atoms with Gasteiger partial charge in [0, 0.05) is 31.7 Å². The zero-order valence-electron chi connectivity index (χ0n) is 17.8. The second-order valence-corrected chi connectivity index (χ2v) is 7.73. The Morgan fingerprint density at radius 1 is 1.12 bits per heavy atom. The quantitative estimate of drug-likeness (QED) is 0.167. The zero-order chi connectivity index (χ0) is 24.1. The van der Waals surface area contributed by atoms with Crippen LogP contribution >= 0.6 is 11.8 Å². The van der Waals surface area contributed by atoms with Gasteiger partial charge in [0.1, 0.15) is 0 Å². The maximum absolute atomic E-state index is 13.3. The van der Waals surface area contributed by atoms with Gasteiger partial charge in [-0.3, -0.25) is 20.1 Å². The number of nitrogens with two attached hydrogens (primary N) is 2. The average Bonchev–Trinajstić information content (AvgIpc) is 2.71. The number of benzene rings is 2. The number of amidine groups is 1. The summed E-state index contributed by atoms with van der Waals surface area (Å²) in [4.78, 5) is 19.7. The SMILES string of the molecule is CONc1ccc(S/C(=N/N)N(C)N)c(C(=O)Nc2ccc(C(F)(F)F)c(N(C)C)c2)c1. The molecule has 6 N–H and O–H groups in total. The van der Waals surface area contributed by atoms with Crippen molar-refractivity contribution in [2.75, 3.05) is 43.9 Å². The molecule has 2 aromatic carbocycles. The van der Waals surface area contributed by atoms with E-state index < -0.39 is 17.6 Å². The molecule has 0 atom stereocenters. The van der Waals surface area contributed by atoms with E-state index in [1.807, 2.05) is 0 Å². The van der Waals surface area contributed by atoms with Gasteiger partial charge in [-0.05, 0) is 48.2 Å². The molecule has 2 aromatic rings. The zero-order valence-corrected chi connectivity index (χ0v) is 18.6. The first-order valence-corrected chi connectivity index (χ1v) is 9.86. The minimum atomic E-state index is -4.53. The predicted octanol–water partition coefficient (Wildman–Crippen LogP) is 3.12. The molecule has 0 aliphatic heterocycles. The maximum atomic E-state index is 13.3. The molecule has 1 amide bonds. The third-order valence-corrected chi connectivity index (χ3v) is 5.25. The molecule has 0 unspecified atom stereocenters. The first-order valence-electron chi connectivity index (χ1n) is 9.05. The number of carbonyl (C=O) groups is 1. The first-order chi connectivity index (χ1) is 15.0. The number of nitrogens with zero attached hydrogens (tertiary/aromatic N) is 3. The lowest BCUT2D eigenvalue weighted by Crippen LogP contribution is -2.32. The van der Waals surface area contributed by atoms with E-state index in [-0.39, 0.29) is 22.1 Å². The summed E-state index contributed by atoms with van der Waals surface area (Å²) >= 11 is 1.04. The lowest BCUT2D eigenvalue weighted by molar-refractivity contribution is -0.137. The van der Waals surface area contributed by atoms with Crippen LogP contribution in [0.3, 0.4) is 0 Å². The lowest BCUT2D eigenvalue weighted by atomic mass is 10.1. The minimum Gasteiger partial charge on any atom is -0.377 e. The Labute approximate surface area is 187 Å². The van der Waals surface area contributed by atoms with Crippen molar-refractivity contribution >= 4 is 39.9 Å². The highest BCUT2D eigenvalue weighted by molar-refractivity contribution is 8.13. The normalized spacial score (nSPS) is 11.8. The number of hydrogen-bond donors (Lipinski definition) is 4. The van der Waals surface area contributed by atoms with Crippen molar-refractivity contribution in [1.82, 2.24) is 5.01 Å². The molecule has 9 nitrogen and oxygen atoms in total. The van der Waals surface area contributed by atoms with Crippen molar-refractivity contribution < 1.29 is 22.8 Å². The van der Waals surface area contributed by atoms with Gasteiger partial charge in [0.15, 0.2) is 0 Å². The van der Waals surface area contributed by atoms with Crippen LogP contribution in [0.4, 0.5) is 30.2 Å². The number of carbonyl (C=O) groups excluding carboxylic acids is 1. The molecule has 0 radical (unpaired) electrons. The van der Waals surface area contributed by atoms with E-state index in [1.54, 1.807) is 12.1 Å². The summed E-state index contributed by atoms with van der Waals surface area (Å²) in [5.41, 5.74) is 2.61. The summed E-state index contributed by atoms with van der Waals surface area (Å²) < 4.78 is 39.9. The van der Waals surface area contributed by atoms with E-state index in [0.29, 0.717) is 10.6 Å². The summed E-state index contributed by atoms with van der Waals surface area (Å²) in [5.74, 6) is 10.5. The summed E-state index contributed by atoms with van der Waals surface area (Å²) in [6, 6.07) is 8.18. The van der Waals surface area contributed by atoms with E-state index >= 15 is 0 Å². The number of nitrogens with one attached hydrogen (secondary N) is 2. The number of rotatable bonds is 6. The summed E-state index contributed by atoms with van der Waals surface area (Å²) in [5, 5.41) is 7.64. The molecule has 0 bridgehead atoms. The Morgan fingerprint density at radius 3 is 2.31 bits per heavy atom. The van der Waals surface area contributed by atoms with Gasteiger partial charge < -0.3 is 16.1 Å². The van der Waals surface area contributed by atoms with Crippen LogP contribution in [0, 0.1) is 0 Å². The van der Waals surface area contributed by atoms with Crippen molar-refractivity contribution in [3.05, 3.63) is 47.5 Å². The Balaban J connectivity index is 2.43. The van der Waals surface area contributed by atoms with Gasteiger partial charge in [0.25, 0.3) is 5.91 Å². The molecule has 13 heteroatoms. The van der Waals surface area contributed by atoms with Crippen molar-refractivity contribution in [1.29, 1.82) is 0 Å². The van der Waals surface area contributed by atoms with E-state index in [4.69, 9.17) is 16.5 Å². The van der Waals surface area contributed by atoms with Crippen LogP contribution in [0.15, 0.2) is 46.4 Å². The molecule has 0 fully saturated rings. The van der Waals surface area contributed by atoms with Gasteiger partial charge in [0.05, 0.1) is 29.6 Å². The third kappa shape index (κ3) is 6.18. The summed E-state index contributed by atoms with van der Waals surface area (Å²) in [6.07, 6.45) is -4.53. The van der Waals surface area contributed by atoms with Crippen LogP contribution in [-0.2, 0) is 11.0 Å². The van der Waals surface area contributed by atoms with E-state index in [2.05, 4.69) is 15.9 Å². The number of alkyl halides is 3. The highest BCUT2D eigenvalue weighted by atomic mass is 32.2. The second kappa shape index (κ2) is 10.4. The molecule has 0 aliphatic rings. The smallest absolute Gasteiger partial charge is 0.377 e. The van der Waals surface area contributed by atoms with Crippen LogP contribution in [0.5, 0.6) is 0 Å². The molecular formula is C19H24F3N7O2S. The number of amides is 1. The third-order valence-electron chi connectivity index (χ3n) is 4.10. The number of thioether (sulfide) groups is 1. The van der Waals surface area contributed by atoms with Crippen molar-refractivity contribution in [2.45, 2.75) is 11.1 Å². The van der Waals surface area contributed by atoms with Crippen LogP contribution < -0.4 is 27.4 Å². The molecule has 0 saturated carbocycles. The monoisotopic (exact) mass is 471 g/mol. The molecule has 174 valence electrons. The molecule has 0 aliphatic carbocycles. The second-order valence-electron chi connectivity index (χ2n) is 6.72. The fourth-order valence-electron chi connectivity index (χ4n) is 2.68. The van der Waals surface area contributed by atoms with Crippen LogP contribution in [0.1, 0.15) is 15.9 Å². The van der Waals surface area contributed by atoms with Gasteiger partial charge in [-0.25, -0.2) is 5.84 Å². The van der Waals surface area contributed by atoms with Gasteiger partial charge in [-0.1, -0.05) is 0 Å². The molecular weight excluding hydrogens is 447 g/mol. The Bertz CT molecular complexity index is 997. The average molecular weight is 472 g/mol. The van der Waals surface area contributed by atoms with Gasteiger partial charge in [-0.2, -0.15) is 18.3 Å². The lowest BCUT2D eigenvalue weighted by Gasteiger charge is -2.21. The van der Waals surface area contributed by atoms with Gasteiger partial charge >= 0.3 is 6.18 Å². The maximum Gasteiger partial charge on any atom is 0.418 e. The number of anilines is 3. The molecule has 0 aromatic heterocycles. The summed E-state index contributed by atoms with van der Waals surface area (Å²) in [7, 11) is 5.92. The summed E-state index contributed by atoms with van der Waals surface area (Å²) in [6.45, 7) is 0. The number of hydrogen-bond acceptors (Lipinski definition) is 8. The van der Waals surface area contributed by atoms with E-state index in [0.717, 1.165) is 17.8 Å². The molecule has 32 heavy (non-hydrogen) atoms. The molecule has 0 heterocycles. The number of hydrazone groups is 1. The fourth-order valence-corrected chi connectivity index (χ4v) is 3.47. The van der Waals surface area contributed by atoms with Gasteiger partial charge in [0.2, 0.25) is 5.17 Å². The van der Waals surface area contributed by atoms with E-state index in [1.165, 1.54) is 56.4 Å². The topological polar surface area (TPSA) is 121 Å². The largest absolute Gasteiger partial charge is 0.418 e. The fraction of sp³-hybridized carbons (Fsp3) is 0.263. The highest BCUT2D eigenvalue weighted by Crippen LogP contribution is 2.37. The van der Waals surface area contributed by atoms with Crippen molar-refractivity contribution in [3.8, 4) is 0 Å². The van der Waals surface area contributed by atoms with Crippen LogP contribution in [-0.4, -0.2) is 44.3 Å². The Kier molecular flexibility index (Phi) is 8.19. The van der Waals surface area contributed by atoms with Crippen molar-refractivity contribution in [2.24, 2.45) is 16.8 Å². The Morgan fingerprint density at radius 2 is 1.78 bits per heavy atom. The number of halogens is 3. The molecule has 2 rings (SSSR count). The molecule has 0 spiro atoms. The van der Waals surface area contributed by atoms with Gasteiger partial charge in [-0.15, -0.1) is 0 Å². The molecule has 0 saturated heterocycles. The number of hydrazine groups is 1. The highest BCUT2D eigenvalue weighted by Gasteiger charge is 2.34. The predicted molar refractivity (Wildman–Crippen MR) is 120 cm³/mol.